The van der Waals surface area contributed by atoms with Gasteiger partial charge in [0.25, 0.3) is 5.56 Å². The van der Waals surface area contributed by atoms with E-state index in [0.29, 0.717) is 16.5 Å². The van der Waals surface area contributed by atoms with E-state index in [2.05, 4.69) is 20.1 Å². The van der Waals surface area contributed by atoms with E-state index in [1.54, 1.807) is 6.07 Å². The molecule has 0 aliphatic heterocycles. The fourth-order valence-corrected chi connectivity index (χ4v) is 1.99. The molecule has 3 aromatic heterocycles. The maximum absolute atomic E-state index is 11.7. The fraction of sp³-hybridized carbons (Fsp3) is 0.0909. The van der Waals surface area contributed by atoms with Crippen LogP contribution in [0, 0.1) is 6.92 Å². The largest absolute Gasteiger partial charge is 0.325 e. The van der Waals surface area contributed by atoms with Crippen LogP contribution in [0.25, 0.3) is 16.9 Å². The highest BCUT2D eigenvalue weighted by Crippen LogP contribution is 2.19. The Balaban J connectivity index is 2.33. The number of hydrogen-bond donors (Lipinski definition) is 2. The minimum absolute atomic E-state index is 0.259. The molecule has 8 heteroatoms. The summed E-state index contributed by atoms with van der Waals surface area (Å²) in [6, 6.07) is 1.71. The summed E-state index contributed by atoms with van der Waals surface area (Å²) in [5, 5.41) is 4.58. The number of nitrogens with one attached hydrogen (secondary N) is 2. The maximum Gasteiger partial charge on any atom is 0.325 e. The molecule has 19 heavy (non-hydrogen) atoms. The Labute approximate surface area is 110 Å². The summed E-state index contributed by atoms with van der Waals surface area (Å²) in [5.41, 5.74) is 1.03. The summed E-state index contributed by atoms with van der Waals surface area (Å²) in [5.74, 6) is 0. The molecular weight excluding hydrogens is 270 g/mol. The van der Waals surface area contributed by atoms with Crippen molar-refractivity contribution in [3.63, 3.8) is 0 Å². The van der Waals surface area contributed by atoms with Crippen molar-refractivity contribution in [2.24, 2.45) is 0 Å². The second-order valence-corrected chi connectivity index (χ2v) is 4.40. The van der Waals surface area contributed by atoms with Crippen molar-refractivity contribution < 1.29 is 0 Å². The van der Waals surface area contributed by atoms with Crippen molar-refractivity contribution in [1.29, 1.82) is 0 Å². The number of aromatic nitrogens is 5. The molecule has 96 valence electrons. The zero-order valence-electron chi connectivity index (χ0n) is 9.77. The maximum atomic E-state index is 11.7. The lowest BCUT2D eigenvalue weighted by atomic mass is 10.2. The minimum atomic E-state index is -0.563. The average Bonchev–Trinajstić information content (AvgIpc) is 2.72. The van der Waals surface area contributed by atoms with E-state index in [-0.39, 0.29) is 5.56 Å². The van der Waals surface area contributed by atoms with Crippen LogP contribution in [0.1, 0.15) is 5.56 Å². The first-order valence-corrected chi connectivity index (χ1v) is 5.77. The molecule has 0 aliphatic carbocycles. The van der Waals surface area contributed by atoms with Gasteiger partial charge in [0.05, 0.1) is 17.5 Å². The molecule has 0 atom stereocenters. The highest BCUT2D eigenvalue weighted by molar-refractivity contribution is 6.29. The predicted molar refractivity (Wildman–Crippen MR) is 69.4 cm³/mol. The zero-order chi connectivity index (χ0) is 13.6. The monoisotopic (exact) mass is 277 g/mol. The SMILES string of the molecule is Cc1cc(-c2c[nH]c(=O)[nH]c2=O)nn2c(Cl)cnc12. The highest BCUT2D eigenvalue weighted by atomic mass is 35.5. The number of rotatable bonds is 1. The topological polar surface area (TPSA) is 95.9 Å². The Morgan fingerprint density at radius 1 is 1.37 bits per heavy atom. The summed E-state index contributed by atoms with van der Waals surface area (Å²) in [6.45, 7) is 1.84. The Bertz CT molecular complexity index is 892. The van der Waals surface area contributed by atoms with Crippen LogP contribution < -0.4 is 11.2 Å². The van der Waals surface area contributed by atoms with Crippen LogP contribution >= 0.6 is 11.6 Å². The Kier molecular flexibility index (Phi) is 2.49. The van der Waals surface area contributed by atoms with E-state index in [4.69, 9.17) is 11.6 Å². The van der Waals surface area contributed by atoms with Crippen molar-refractivity contribution in [3.8, 4) is 11.3 Å². The summed E-state index contributed by atoms with van der Waals surface area (Å²) >= 11 is 5.96. The summed E-state index contributed by atoms with van der Waals surface area (Å²) in [7, 11) is 0. The molecule has 3 heterocycles. The molecule has 0 fully saturated rings. The van der Waals surface area contributed by atoms with Gasteiger partial charge in [-0.15, -0.1) is 0 Å². The van der Waals surface area contributed by atoms with Crippen molar-refractivity contribution in [3.05, 3.63) is 50.0 Å². The second-order valence-electron chi connectivity index (χ2n) is 4.01. The molecule has 0 spiro atoms. The van der Waals surface area contributed by atoms with Crippen LogP contribution in [0.4, 0.5) is 0 Å². The molecule has 0 unspecified atom stereocenters. The number of aromatic amines is 2. The van der Waals surface area contributed by atoms with Crippen LogP contribution in [0.3, 0.4) is 0 Å². The molecule has 0 aromatic carbocycles. The van der Waals surface area contributed by atoms with Gasteiger partial charge in [0, 0.05) is 6.20 Å². The minimum Gasteiger partial charge on any atom is -0.313 e. The molecule has 0 radical (unpaired) electrons. The number of H-pyrrole nitrogens is 2. The van der Waals surface area contributed by atoms with Gasteiger partial charge >= 0.3 is 5.69 Å². The fourth-order valence-electron chi connectivity index (χ4n) is 1.83. The van der Waals surface area contributed by atoms with Crippen molar-refractivity contribution in [2.45, 2.75) is 6.92 Å². The van der Waals surface area contributed by atoms with E-state index in [0.717, 1.165) is 5.56 Å². The van der Waals surface area contributed by atoms with Crippen LogP contribution in [-0.4, -0.2) is 24.6 Å². The lowest BCUT2D eigenvalue weighted by molar-refractivity contribution is 0.927. The van der Waals surface area contributed by atoms with Gasteiger partial charge in [-0.05, 0) is 18.6 Å². The summed E-state index contributed by atoms with van der Waals surface area (Å²) in [6.07, 6.45) is 2.80. The third-order valence-corrected chi connectivity index (χ3v) is 2.96. The van der Waals surface area contributed by atoms with Gasteiger partial charge in [-0.1, -0.05) is 11.6 Å². The number of halogens is 1. The zero-order valence-corrected chi connectivity index (χ0v) is 10.5. The Morgan fingerprint density at radius 3 is 2.89 bits per heavy atom. The van der Waals surface area contributed by atoms with E-state index in [1.165, 1.54) is 16.9 Å². The average molecular weight is 278 g/mol. The number of imidazole rings is 1. The van der Waals surface area contributed by atoms with E-state index in [1.807, 2.05) is 6.92 Å². The van der Waals surface area contributed by atoms with Gasteiger partial charge in [-0.25, -0.2) is 14.3 Å². The Hall–Kier alpha value is -2.41. The summed E-state index contributed by atoms with van der Waals surface area (Å²) < 4.78 is 1.44. The molecule has 7 nitrogen and oxygen atoms in total. The molecule has 2 N–H and O–H groups in total. The van der Waals surface area contributed by atoms with Crippen molar-refractivity contribution in [1.82, 2.24) is 24.6 Å². The predicted octanol–water partition coefficient (Wildman–Crippen LogP) is 0.735. The van der Waals surface area contributed by atoms with Gasteiger partial charge in [0.1, 0.15) is 0 Å². The van der Waals surface area contributed by atoms with Crippen LogP contribution in [0.15, 0.2) is 28.0 Å². The lowest BCUT2D eigenvalue weighted by Crippen LogP contribution is -2.23. The first-order chi connectivity index (χ1) is 9.06. The number of nitrogens with zero attached hydrogens (tertiary/aromatic N) is 3. The number of fused-ring (bicyclic) bond motifs is 1. The van der Waals surface area contributed by atoms with E-state index >= 15 is 0 Å². The normalized spacial score (nSPS) is 11.1. The molecule has 0 bridgehead atoms. The first kappa shape index (κ1) is 11.7. The summed E-state index contributed by atoms with van der Waals surface area (Å²) in [4.78, 5) is 31.4. The first-order valence-electron chi connectivity index (χ1n) is 5.39. The number of aryl methyl sites for hydroxylation is 1. The smallest absolute Gasteiger partial charge is 0.313 e. The van der Waals surface area contributed by atoms with Gasteiger partial charge in [0.15, 0.2) is 10.8 Å². The second kappa shape index (κ2) is 4.06. The lowest BCUT2D eigenvalue weighted by Gasteiger charge is -2.03. The van der Waals surface area contributed by atoms with Crippen LogP contribution in [0.5, 0.6) is 0 Å². The van der Waals surface area contributed by atoms with Gasteiger partial charge in [0.2, 0.25) is 0 Å². The van der Waals surface area contributed by atoms with Crippen molar-refractivity contribution in [2.75, 3.05) is 0 Å². The van der Waals surface area contributed by atoms with Gasteiger partial charge in [-0.2, -0.15) is 5.10 Å². The molecule has 0 amide bonds. The van der Waals surface area contributed by atoms with E-state index < -0.39 is 11.2 Å². The van der Waals surface area contributed by atoms with Crippen molar-refractivity contribution >= 4 is 17.2 Å². The van der Waals surface area contributed by atoms with Crippen LogP contribution in [0.2, 0.25) is 5.15 Å². The van der Waals surface area contributed by atoms with Crippen LogP contribution in [-0.2, 0) is 0 Å². The van der Waals surface area contributed by atoms with Gasteiger partial charge < -0.3 is 4.98 Å². The molecule has 0 aliphatic rings. The number of hydrogen-bond acceptors (Lipinski definition) is 4. The molecular formula is C11H8ClN5O2. The quantitative estimate of drug-likeness (QED) is 0.685. The standard InChI is InChI=1S/C11H8ClN5O2/c1-5-2-7(6-3-14-11(19)15-10(6)18)16-17-8(12)4-13-9(5)17/h2-4H,1H3,(H2,14,15,18,19). The third kappa shape index (κ3) is 1.84. The highest BCUT2D eigenvalue weighted by Gasteiger charge is 2.11. The van der Waals surface area contributed by atoms with E-state index in [9.17, 15) is 9.59 Å². The Morgan fingerprint density at radius 2 is 2.16 bits per heavy atom. The molecule has 3 rings (SSSR count). The third-order valence-electron chi connectivity index (χ3n) is 2.71. The van der Waals surface area contributed by atoms with Gasteiger partial charge in [-0.3, -0.25) is 9.78 Å². The molecule has 0 saturated carbocycles. The molecule has 0 saturated heterocycles. The molecule has 3 aromatic rings.